The van der Waals surface area contributed by atoms with Gasteiger partial charge in [-0.2, -0.15) is 0 Å². The molecule has 0 spiro atoms. The lowest BCUT2D eigenvalue weighted by molar-refractivity contribution is -0.113. The Labute approximate surface area is 195 Å². The van der Waals surface area contributed by atoms with Gasteiger partial charge in [0.1, 0.15) is 12.4 Å². The summed E-state index contributed by atoms with van der Waals surface area (Å²) in [4.78, 5) is 12.5. The number of nitrogens with one attached hydrogen (secondary N) is 1. The third-order valence-electron chi connectivity index (χ3n) is 4.47. The van der Waals surface area contributed by atoms with Crippen molar-refractivity contribution in [3.63, 3.8) is 0 Å². The molecule has 162 valence electrons. The Hall–Kier alpha value is -3.29. The van der Waals surface area contributed by atoms with Gasteiger partial charge in [-0.25, -0.2) is 0 Å². The molecule has 3 aromatic carbocycles. The second-order valence-electron chi connectivity index (χ2n) is 6.99. The average molecular weight is 466 g/mol. The van der Waals surface area contributed by atoms with Crippen LogP contribution in [0.25, 0.3) is 11.5 Å². The number of ether oxygens (including phenoxy) is 1. The van der Waals surface area contributed by atoms with Crippen LogP contribution in [0, 0.1) is 6.92 Å². The number of carbonyl (C=O) groups excluding carboxylic acids is 1. The molecule has 0 radical (unpaired) electrons. The second kappa shape index (κ2) is 10.3. The quantitative estimate of drug-likeness (QED) is 0.321. The van der Waals surface area contributed by atoms with Crippen LogP contribution in [0.3, 0.4) is 0 Å². The van der Waals surface area contributed by atoms with E-state index in [0.717, 1.165) is 16.7 Å². The molecule has 0 atom stereocenters. The van der Waals surface area contributed by atoms with Crippen LogP contribution in [-0.2, 0) is 11.4 Å². The number of amides is 1. The highest BCUT2D eigenvalue weighted by molar-refractivity contribution is 7.99. The number of aryl methyl sites for hydroxylation is 1. The fraction of sp³-hybridized carbons (Fsp3) is 0.125. The summed E-state index contributed by atoms with van der Waals surface area (Å²) in [5.41, 5.74) is 3.47. The Balaban J connectivity index is 1.35. The number of carbonyl (C=O) groups is 1. The first-order chi connectivity index (χ1) is 15.6. The number of hydrogen-bond acceptors (Lipinski definition) is 6. The number of anilines is 1. The highest BCUT2D eigenvalue weighted by Crippen LogP contribution is 2.28. The van der Waals surface area contributed by atoms with Gasteiger partial charge in [-0.05, 0) is 54.4 Å². The van der Waals surface area contributed by atoms with E-state index >= 15 is 0 Å². The zero-order valence-electron chi connectivity index (χ0n) is 17.2. The standard InChI is InChI=1S/C24H20ClN3O3S/c1-16-7-12-20(21(13-16)30-14-17-5-3-2-4-6-17)26-22(29)15-32-24-28-27-23(31-24)18-8-10-19(25)11-9-18/h2-13H,14-15H2,1H3,(H,26,29). The maximum Gasteiger partial charge on any atom is 0.277 e. The number of halogens is 1. The van der Waals surface area contributed by atoms with Crippen molar-refractivity contribution in [1.82, 2.24) is 10.2 Å². The zero-order chi connectivity index (χ0) is 22.3. The fourth-order valence-electron chi connectivity index (χ4n) is 2.88. The van der Waals surface area contributed by atoms with E-state index in [1.165, 1.54) is 11.8 Å². The van der Waals surface area contributed by atoms with Crippen LogP contribution in [0.4, 0.5) is 5.69 Å². The molecule has 0 aliphatic heterocycles. The molecule has 1 heterocycles. The van der Waals surface area contributed by atoms with Crippen molar-refractivity contribution >= 4 is 35.0 Å². The van der Waals surface area contributed by atoms with Gasteiger partial charge in [0.05, 0.1) is 11.4 Å². The molecule has 32 heavy (non-hydrogen) atoms. The van der Waals surface area contributed by atoms with Gasteiger partial charge in [-0.15, -0.1) is 10.2 Å². The van der Waals surface area contributed by atoms with Gasteiger partial charge in [0, 0.05) is 10.6 Å². The van der Waals surface area contributed by atoms with E-state index in [-0.39, 0.29) is 11.7 Å². The molecule has 1 N–H and O–H groups in total. The summed E-state index contributed by atoms with van der Waals surface area (Å²) in [5, 5.41) is 11.9. The number of benzene rings is 3. The maximum absolute atomic E-state index is 12.5. The molecule has 0 aliphatic carbocycles. The molecule has 4 rings (SSSR count). The lowest BCUT2D eigenvalue weighted by Gasteiger charge is -2.13. The Morgan fingerprint density at radius 1 is 1.06 bits per heavy atom. The third kappa shape index (κ3) is 5.90. The highest BCUT2D eigenvalue weighted by atomic mass is 35.5. The van der Waals surface area contributed by atoms with Gasteiger partial charge in [0.25, 0.3) is 5.22 Å². The lowest BCUT2D eigenvalue weighted by Crippen LogP contribution is -2.15. The van der Waals surface area contributed by atoms with Crippen LogP contribution in [0.1, 0.15) is 11.1 Å². The number of rotatable bonds is 8. The molecule has 4 aromatic rings. The molecular formula is C24H20ClN3O3S. The largest absolute Gasteiger partial charge is 0.487 e. The van der Waals surface area contributed by atoms with Gasteiger partial charge >= 0.3 is 0 Å². The van der Waals surface area contributed by atoms with Crippen molar-refractivity contribution in [3.8, 4) is 17.2 Å². The summed E-state index contributed by atoms with van der Waals surface area (Å²) in [6.07, 6.45) is 0. The summed E-state index contributed by atoms with van der Waals surface area (Å²) in [5.74, 6) is 0.915. The first-order valence-corrected chi connectivity index (χ1v) is 11.2. The predicted molar refractivity (Wildman–Crippen MR) is 126 cm³/mol. The van der Waals surface area contributed by atoms with E-state index in [1.807, 2.05) is 55.5 Å². The molecule has 1 aromatic heterocycles. The van der Waals surface area contributed by atoms with E-state index in [4.69, 9.17) is 20.8 Å². The number of thioether (sulfide) groups is 1. The summed E-state index contributed by atoms with van der Waals surface area (Å²) in [6, 6.07) is 22.6. The average Bonchev–Trinajstić information content (AvgIpc) is 3.28. The van der Waals surface area contributed by atoms with Crippen LogP contribution in [0.2, 0.25) is 5.02 Å². The molecule has 8 heteroatoms. The summed E-state index contributed by atoms with van der Waals surface area (Å²) < 4.78 is 11.6. The number of aromatic nitrogens is 2. The van der Waals surface area contributed by atoms with Crippen LogP contribution in [-0.4, -0.2) is 21.9 Å². The van der Waals surface area contributed by atoms with Crippen LogP contribution in [0.5, 0.6) is 5.75 Å². The van der Waals surface area contributed by atoms with E-state index in [1.54, 1.807) is 24.3 Å². The van der Waals surface area contributed by atoms with Crippen molar-refractivity contribution < 1.29 is 13.9 Å². The molecule has 0 saturated heterocycles. The molecule has 0 bridgehead atoms. The summed E-state index contributed by atoms with van der Waals surface area (Å²) in [6.45, 7) is 2.39. The van der Waals surface area contributed by atoms with Gasteiger partial charge in [-0.3, -0.25) is 4.79 Å². The molecular weight excluding hydrogens is 446 g/mol. The van der Waals surface area contributed by atoms with Gasteiger partial charge in [-0.1, -0.05) is 59.8 Å². The van der Waals surface area contributed by atoms with Crippen LogP contribution in [0.15, 0.2) is 82.4 Å². The minimum atomic E-state index is -0.199. The van der Waals surface area contributed by atoms with Gasteiger partial charge < -0.3 is 14.5 Å². The summed E-state index contributed by atoms with van der Waals surface area (Å²) >= 11 is 7.07. The molecule has 6 nitrogen and oxygen atoms in total. The van der Waals surface area contributed by atoms with Crippen molar-refractivity contribution in [2.24, 2.45) is 0 Å². The van der Waals surface area contributed by atoms with Crippen molar-refractivity contribution in [3.05, 3.63) is 88.9 Å². The Kier molecular flexibility index (Phi) is 7.09. The predicted octanol–water partition coefficient (Wildman–Crippen LogP) is 6.01. The minimum absolute atomic E-state index is 0.119. The minimum Gasteiger partial charge on any atom is -0.487 e. The van der Waals surface area contributed by atoms with E-state index in [9.17, 15) is 4.79 Å². The van der Waals surface area contributed by atoms with E-state index < -0.39 is 0 Å². The Bertz CT molecular complexity index is 1200. The smallest absolute Gasteiger partial charge is 0.277 e. The zero-order valence-corrected chi connectivity index (χ0v) is 18.8. The monoisotopic (exact) mass is 465 g/mol. The van der Waals surface area contributed by atoms with E-state index in [0.29, 0.717) is 34.2 Å². The Morgan fingerprint density at radius 2 is 1.84 bits per heavy atom. The first kappa shape index (κ1) is 21.9. The van der Waals surface area contributed by atoms with E-state index in [2.05, 4.69) is 15.5 Å². The molecule has 0 saturated carbocycles. The van der Waals surface area contributed by atoms with Crippen molar-refractivity contribution in [2.75, 3.05) is 11.1 Å². The van der Waals surface area contributed by atoms with Crippen LogP contribution < -0.4 is 10.1 Å². The maximum atomic E-state index is 12.5. The number of hydrogen-bond donors (Lipinski definition) is 1. The fourth-order valence-corrected chi connectivity index (χ4v) is 3.57. The number of nitrogens with zero attached hydrogens (tertiary/aromatic N) is 2. The summed E-state index contributed by atoms with van der Waals surface area (Å²) in [7, 11) is 0. The van der Waals surface area contributed by atoms with Gasteiger partial charge in [0.15, 0.2) is 0 Å². The lowest BCUT2D eigenvalue weighted by atomic mass is 10.2. The van der Waals surface area contributed by atoms with Crippen molar-refractivity contribution in [1.29, 1.82) is 0 Å². The van der Waals surface area contributed by atoms with Crippen LogP contribution >= 0.6 is 23.4 Å². The van der Waals surface area contributed by atoms with Crippen molar-refractivity contribution in [2.45, 2.75) is 18.8 Å². The van der Waals surface area contributed by atoms with Gasteiger partial charge in [0.2, 0.25) is 11.8 Å². The topological polar surface area (TPSA) is 77.3 Å². The Morgan fingerprint density at radius 3 is 2.62 bits per heavy atom. The SMILES string of the molecule is Cc1ccc(NC(=O)CSc2nnc(-c3ccc(Cl)cc3)o2)c(OCc2ccccc2)c1. The highest BCUT2D eigenvalue weighted by Gasteiger charge is 2.13. The first-order valence-electron chi connectivity index (χ1n) is 9.86. The normalized spacial score (nSPS) is 10.7. The molecule has 0 fully saturated rings. The molecule has 0 aliphatic rings. The molecule has 1 amide bonds. The molecule has 0 unspecified atom stereocenters. The second-order valence-corrected chi connectivity index (χ2v) is 8.35. The third-order valence-corrected chi connectivity index (χ3v) is 5.54.